The van der Waals surface area contributed by atoms with Crippen molar-refractivity contribution >= 4 is 28.3 Å². The largest absolute Gasteiger partial charge is 0.418 e. The highest BCUT2D eigenvalue weighted by molar-refractivity contribution is 6.30. The molecule has 0 unspecified atom stereocenters. The number of halogens is 4. The van der Waals surface area contributed by atoms with Crippen LogP contribution in [0.1, 0.15) is 11.1 Å². The Labute approximate surface area is 175 Å². The highest BCUT2D eigenvalue weighted by Crippen LogP contribution is 2.36. The molecule has 0 amide bonds. The molecule has 2 aromatic carbocycles. The van der Waals surface area contributed by atoms with E-state index in [0.29, 0.717) is 28.5 Å². The molecule has 0 bridgehead atoms. The van der Waals surface area contributed by atoms with Crippen LogP contribution in [-0.4, -0.2) is 21.5 Å². The van der Waals surface area contributed by atoms with E-state index in [0.717, 1.165) is 23.4 Å². The number of benzene rings is 2. The van der Waals surface area contributed by atoms with Crippen molar-refractivity contribution in [2.75, 3.05) is 11.9 Å². The highest BCUT2D eigenvalue weighted by Gasteiger charge is 2.34. The molecule has 4 nitrogen and oxygen atoms in total. The maximum absolute atomic E-state index is 13.3. The van der Waals surface area contributed by atoms with Crippen LogP contribution in [-0.2, 0) is 12.6 Å². The first-order chi connectivity index (χ1) is 14.4. The normalized spacial score (nSPS) is 11.6. The van der Waals surface area contributed by atoms with E-state index in [9.17, 15) is 13.2 Å². The molecule has 0 saturated heterocycles. The summed E-state index contributed by atoms with van der Waals surface area (Å²) in [6.45, 7) is 0.633. The third-order valence-electron chi connectivity index (χ3n) is 4.64. The SMILES string of the molecule is FC(F)(F)c1cccnc1-c1ccc2c(NCCc3ccc(Cl)cc3)ncnc2c1. The van der Waals surface area contributed by atoms with Crippen LogP contribution in [0.2, 0.25) is 5.02 Å². The number of pyridine rings is 1. The van der Waals surface area contributed by atoms with E-state index in [1.807, 2.05) is 24.3 Å². The van der Waals surface area contributed by atoms with Crippen molar-refractivity contribution < 1.29 is 13.2 Å². The summed E-state index contributed by atoms with van der Waals surface area (Å²) in [5.41, 5.74) is 1.11. The first-order valence-corrected chi connectivity index (χ1v) is 9.55. The second-order valence-electron chi connectivity index (χ2n) is 6.65. The average Bonchev–Trinajstić information content (AvgIpc) is 2.74. The molecule has 0 atom stereocenters. The Morgan fingerprint density at radius 1 is 0.933 bits per heavy atom. The molecular weight excluding hydrogens is 413 g/mol. The van der Waals surface area contributed by atoms with Crippen molar-refractivity contribution in [2.24, 2.45) is 0 Å². The number of rotatable bonds is 5. The minimum absolute atomic E-state index is 0.122. The Morgan fingerprint density at radius 3 is 2.50 bits per heavy atom. The van der Waals surface area contributed by atoms with E-state index in [4.69, 9.17) is 11.6 Å². The van der Waals surface area contributed by atoms with Gasteiger partial charge in [0, 0.05) is 28.7 Å². The predicted molar refractivity (Wildman–Crippen MR) is 111 cm³/mol. The summed E-state index contributed by atoms with van der Waals surface area (Å²) in [4.78, 5) is 12.4. The van der Waals surface area contributed by atoms with E-state index in [2.05, 4.69) is 20.3 Å². The molecule has 152 valence electrons. The molecule has 30 heavy (non-hydrogen) atoms. The van der Waals surface area contributed by atoms with Gasteiger partial charge in [-0.25, -0.2) is 9.97 Å². The number of fused-ring (bicyclic) bond motifs is 1. The van der Waals surface area contributed by atoms with E-state index in [1.54, 1.807) is 18.2 Å². The van der Waals surface area contributed by atoms with Gasteiger partial charge in [-0.15, -0.1) is 0 Å². The van der Waals surface area contributed by atoms with Crippen LogP contribution in [0.4, 0.5) is 19.0 Å². The monoisotopic (exact) mass is 428 g/mol. The van der Waals surface area contributed by atoms with Gasteiger partial charge in [-0.3, -0.25) is 4.98 Å². The zero-order valence-electron chi connectivity index (χ0n) is 15.6. The molecule has 0 aliphatic rings. The number of hydrogen-bond acceptors (Lipinski definition) is 4. The van der Waals surface area contributed by atoms with Gasteiger partial charge in [0.15, 0.2) is 0 Å². The Kier molecular flexibility index (Phi) is 5.55. The molecule has 0 aliphatic heterocycles. The first kappa shape index (κ1) is 20.1. The van der Waals surface area contributed by atoms with Crippen LogP contribution in [0.25, 0.3) is 22.2 Å². The second kappa shape index (κ2) is 8.28. The van der Waals surface area contributed by atoms with Crippen LogP contribution < -0.4 is 5.32 Å². The number of hydrogen-bond donors (Lipinski definition) is 1. The number of alkyl halides is 3. The van der Waals surface area contributed by atoms with Crippen LogP contribution >= 0.6 is 11.6 Å². The number of nitrogens with one attached hydrogen (secondary N) is 1. The Morgan fingerprint density at radius 2 is 1.73 bits per heavy atom. The zero-order chi connectivity index (χ0) is 21.1. The number of nitrogens with zero attached hydrogens (tertiary/aromatic N) is 3. The summed E-state index contributed by atoms with van der Waals surface area (Å²) >= 11 is 5.90. The van der Waals surface area contributed by atoms with Crippen LogP contribution in [0.3, 0.4) is 0 Å². The third-order valence-corrected chi connectivity index (χ3v) is 4.89. The molecule has 0 fully saturated rings. The van der Waals surface area contributed by atoms with Crippen molar-refractivity contribution in [3.63, 3.8) is 0 Å². The molecular formula is C22H16ClF3N4. The minimum Gasteiger partial charge on any atom is -0.369 e. The number of anilines is 1. The fraction of sp³-hybridized carbons (Fsp3) is 0.136. The standard InChI is InChI=1S/C22H16ClF3N4/c23-16-6-3-14(4-7-16)9-11-28-21-17-8-5-15(12-19(17)29-13-30-21)20-18(22(24,25)26)2-1-10-27-20/h1-8,10,12-13H,9,11H2,(H,28,29,30). The average molecular weight is 429 g/mol. The highest BCUT2D eigenvalue weighted by atomic mass is 35.5. The molecule has 0 aliphatic carbocycles. The lowest BCUT2D eigenvalue weighted by Gasteiger charge is -2.13. The summed E-state index contributed by atoms with van der Waals surface area (Å²) in [6, 6.07) is 14.8. The van der Waals surface area contributed by atoms with Crippen molar-refractivity contribution in [3.05, 3.63) is 83.3 Å². The van der Waals surface area contributed by atoms with Gasteiger partial charge in [-0.1, -0.05) is 29.8 Å². The molecule has 0 spiro atoms. The Bertz CT molecular complexity index is 1180. The van der Waals surface area contributed by atoms with Crippen LogP contribution in [0, 0.1) is 0 Å². The van der Waals surface area contributed by atoms with Gasteiger partial charge in [0.25, 0.3) is 0 Å². The zero-order valence-corrected chi connectivity index (χ0v) is 16.4. The minimum atomic E-state index is -4.49. The van der Waals surface area contributed by atoms with Gasteiger partial charge in [0.1, 0.15) is 12.1 Å². The van der Waals surface area contributed by atoms with Crippen molar-refractivity contribution in [2.45, 2.75) is 12.6 Å². The molecule has 0 radical (unpaired) electrons. The Balaban J connectivity index is 1.59. The summed E-state index contributed by atoms with van der Waals surface area (Å²) in [5.74, 6) is 0.623. The van der Waals surface area contributed by atoms with E-state index >= 15 is 0 Å². The molecule has 2 aromatic heterocycles. The van der Waals surface area contributed by atoms with Crippen molar-refractivity contribution in [1.82, 2.24) is 15.0 Å². The van der Waals surface area contributed by atoms with Crippen LogP contribution in [0.5, 0.6) is 0 Å². The molecule has 2 heterocycles. The van der Waals surface area contributed by atoms with Crippen LogP contribution in [0.15, 0.2) is 67.1 Å². The summed E-state index contributed by atoms with van der Waals surface area (Å²) < 4.78 is 40.0. The van der Waals surface area contributed by atoms with Gasteiger partial charge in [-0.2, -0.15) is 13.2 Å². The lowest BCUT2D eigenvalue weighted by atomic mass is 10.0. The summed E-state index contributed by atoms with van der Waals surface area (Å²) in [7, 11) is 0. The van der Waals surface area contributed by atoms with E-state index < -0.39 is 11.7 Å². The Hall–Kier alpha value is -3.19. The van der Waals surface area contributed by atoms with Gasteiger partial charge < -0.3 is 5.32 Å². The molecule has 8 heteroatoms. The van der Waals surface area contributed by atoms with Gasteiger partial charge >= 0.3 is 6.18 Å². The lowest BCUT2D eigenvalue weighted by molar-refractivity contribution is -0.137. The number of aromatic nitrogens is 3. The van der Waals surface area contributed by atoms with Gasteiger partial charge in [0.05, 0.1) is 16.8 Å². The summed E-state index contributed by atoms with van der Waals surface area (Å²) in [6.07, 6.45) is -0.986. The fourth-order valence-electron chi connectivity index (χ4n) is 3.19. The quantitative estimate of drug-likeness (QED) is 0.422. The summed E-state index contributed by atoms with van der Waals surface area (Å²) in [5, 5.41) is 4.68. The predicted octanol–water partition coefficient (Wildman–Crippen LogP) is 6.02. The van der Waals surface area contributed by atoms with Gasteiger partial charge in [-0.05, 0) is 48.4 Å². The maximum Gasteiger partial charge on any atom is 0.418 e. The third kappa shape index (κ3) is 4.36. The topological polar surface area (TPSA) is 50.7 Å². The van der Waals surface area contributed by atoms with E-state index in [1.165, 1.54) is 18.6 Å². The van der Waals surface area contributed by atoms with E-state index in [-0.39, 0.29) is 5.69 Å². The molecule has 1 N–H and O–H groups in total. The maximum atomic E-state index is 13.3. The van der Waals surface area contributed by atoms with Gasteiger partial charge in [0.2, 0.25) is 0 Å². The van der Waals surface area contributed by atoms with Crippen molar-refractivity contribution in [3.8, 4) is 11.3 Å². The molecule has 4 aromatic rings. The first-order valence-electron chi connectivity index (χ1n) is 9.17. The second-order valence-corrected chi connectivity index (χ2v) is 7.09. The fourth-order valence-corrected chi connectivity index (χ4v) is 3.31. The van der Waals surface area contributed by atoms with Crippen molar-refractivity contribution in [1.29, 1.82) is 0 Å². The lowest BCUT2D eigenvalue weighted by Crippen LogP contribution is -2.08. The smallest absolute Gasteiger partial charge is 0.369 e. The molecule has 4 rings (SSSR count). The molecule has 0 saturated carbocycles.